The van der Waals surface area contributed by atoms with Gasteiger partial charge in [-0.1, -0.05) is 13.0 Å². The summed E-state index contributed by atoms with van der Waals surface area (Å²) < 4.78 is 1.96. The molecule has 0 saturated carbocycles. The Hall–Kier alpha value is -3.37. The highest BCUT2D eigenvalue weighted by atomic mass is 16.3. The minimum absolute atomic E-state index is 0.0261. The van der Waals surface area contributed by atoms with E-state index in [2.05, 4.69) is 24.0 Å². The Kier molecular flexibility index (Phi) is 6.02. The molecule has 3 N–H and O–H groups in total. The van der Waals surface area contributed by atoms with Gasteiger partial charge >= 0.3 is 0 Å². The molecule has 0 fully saturated rings. The van der Waals surface area contributed by atoms with E-state index < -0.39 is 0 Å². The van der Waals surface area contributed by atoms with Gasteiger partial charge in [0.25, 0.3) is 5.91 Å². The quantitative estimate of drug-likeness (QED) is 0.533. The number of carbonyl (C=O) groups excluding carboxylic acids is 1. The summed E-state index contributed by atoms with van der Waals surface area (Å²) in [5, 5.41) is 18.4. The molecule has 2 atom stereocenters. The summed E-state index contributed by atoms with van der Waals surface area (Å²) in [6, 6.07) is 7.33. The second-order valence-corrected chi connectivity index (χ2v) is 9.57. The average Bonchev–Trinajstić information content (AvgIpc) is 3.56. The number of hydrogen-bond donors (Lipinski definition) is 2. The molecule has 35 heavy (non-hydrogen) atoms. The van der Waals surface area contributed by atoms with Gasteiger partial charge in [0, 0.05) is 31.1 Å². The van der Waals surface area contributed by atoms with Crippen molar-refractivity contribution >= 4 is 17.5 Å². The zero-order chi connectivity index (χ0) is 24.9. The van der Waals surface area contributed by atoms with E-state index in [0.29, 0.717) is 29.4 Å². The number of aliphatic hydroxyl groups excluding tert-OH is 1. The van der Waals surface area contributed by atoms with Crippen molar-refractivity contribution in [2.75, 3.05) is 23.5 Å². The van der Waals surface area contributed by atoms with Gasteiger partial charge in [-0.3, -0.25) is 9.69 Å². The van der Waals surface area contributed by atoms with E-state index in [-0.39, 0.29) is 30.6 Å². The van der Waals surface area contributed by atoms with Crippen molar-refractivity contribution < 1.29 is 9.90 Å². The van der Waals surface area contributed by atoms with E-state index >= 15 is 0 Å². The van der Waals surface area contributed by atoms with Crippen LogP contribution in [0.3, 0.4) is 0 Å². The zero-order valence-electron chi connectivity index (χ0n) is 20.6. The molecule has 10 nitrogen and oxygen atoms in total. The number of nitrogens with zero attached hydrogens (tertiary/aromatic N) is 7. The first kappa shape index (κ1) is 23.4. The number of amides is 1. The maximum atomic E-state index is 13.6. The average molecular weight is 477 g/mol. The highest BCUT2D eigenvalue weighted by Gasteiger charge is 2.35. The Bertz CT molecular complexity index is 1270. The van der Waals surface area contributed by atoms with Crippen LogP contribution in [0.25, 0.3) is 11.5 Å². The predicted octanol–water partition coefficient (Wildman–Crippen LogP) is 2.63. The number of fused-ring (bicyclic) bond motifs is 2. The SMILES string of the molecule is CC[C@@H](N)c1nc(N(C)C(C)C)cc2c1CN(c1cccc(-c3nnc4n3[C@@H](CO)CC4)n1)C2=O. The molecule has 3 aromatic heterocycles. The molecular formula is C25H32N8O2. The standard InChI is InChI=1S/C25H32N8O2/c1-5-18(26)23-17-12-32(25(35)16(17)11-22(28-23)31(4)14(2)3)20-8-6-7-19(27-20)24-30-29-21-10-9-15(13-34)33(21)24/h6-8,11,14-15,18,34H,5,9-10,12-13,26H2,1-4H3/t15-,18-/m1/s1. The van der Waals surface area contributed by atoms with E-state index in [1.54, 1.807) is 4.90 Å². The molecule has 0 bridgehead atoms. The summed E-state index contributed by atoms with van der Waals surface area (Å²) >= 11 is 0. The van der Waals surface area contributed by atoms with Crippen molar-refractivity contribution in [3.05, 3.63) is 46.9 Å². The normalized spacial score (nSPS) is 17.7. The molecule has 0 saturated heterocycles. The van der Waals surface area contributed by atoms with Crippen LogP contribution in [-0.2, 0) is 13.0 Å². The number of aromatic nitrogens is 5. The second kappa shape index (κ2) is 9.01. The van der Waals surface area contributed by atoms with E-state index in [1.165, 1.54) is 0 Å². The molecule has 0 spiro atoms. The number of rotatable bonds is 7. The van der Waals surface area contributed by atoms with E-state index in [4.69, 9.17) is 15.7 Å². The maximum absolute atomic E-state index is 13.6. The van der Waals surface area contributed by atoms with Gasteiger partial charge in [0.15, 0.2) is 5.82 Å². The maximum Gasteiger partial charge on any atom is 0.260 e. The fourth-order valence-electron chi connectivity index (χ4n) is 4.79. The Morgan fingerprint density at radius 1 is 1.26 bits per heavy atom. The third-order valence-corrected chi connectivity index (χ3v) is 7.15. The monoisotopic (exact) mass is 476 g/mol. The minimum Gasteiger partial charge on any atom is -0.394 e. The third-order valence-electron chi connectivity index (χ3n) is 7.15. The number of anilines is 2. The number of nitrogens with two attached hydrogens (primary N) is 1. The van der Waals surface area contributed by atoms with Crippen LogP contribution >= 0.6 is 0 Å². The fourth-order valence-corrected chi connectivity index (χ4v) is 4.79. The lowest BCUT2D eigenvalue weighted by atomic mass is 10.0. The molecule has 5 rings (SSSR count). The summed E-state index contributed by atoms with van der Waals surface area (Å²) in [5.74, 6) is 2.62. The molecule has 10 heteroatoms. The Morgan fingerprint density at radius 2 is 2.06 bits per heavy atom. The smallest absolute Gasteiger partial charge is 0.260 e. The summed E-state index contributed by atoms with van der Waals surface area (Å²) in [5.41, 5.74) is 9.31. The van der Waals surface area contributed by atoms with Crippen molar-refractivity contribution in [3.63, 3.8) is 0 Å². The lowest BCUT2D eigenvalue weighted by Gasteiger charge is -2.25. The van der Waals surface area contributed by atoms with Gasteiger partial charge < -0.3 is 20.3 Å². The molecule has 1 amide bonds. The lowest BCUT2D eigenvalue weighted by Crippen LogP contribution is -2.28. The van der Waals surface area contributed by atoms with Gasteiger partial charge in [-0.25, -0.2) is 9.97 Å². The molecule has 3 aromatic rings. The first-order valence-electron chi connectivity index (χ1n) is 12.2. The topological polar surface area (TPSA) is 126 Å². The van der Waals surface area contributed by atoms with Crippen LogP contribution in [0.1, 0.15) is 73.1 Å². The Balaban J connectivity index is 1.53. The fraction of sp³-hybridized carbons (Fsp3) is 0.480. The molecule has 5 heterocycles. The van der Waals surface area contributed by atoms with Crippen LogP contribution in [-0.4, -0.2) is 55.4 Å². The van der Waals surface area contributed by atoms with Crippen LogP contribution in [0.5, 0.6) is 0 Å². The molecule has 0 aromatic carbocycles. The molecule has 0 aliphatic carbocycles. The van der Waals surface area contributed by atoms with Gasteiger partial charge in [0.05, 0.1) is 30.5 Å². The van der Waals surface area contributed by atoms with Gasteiger partial charge in [0.1, 0.15) is 23.2 Å². The number of aryl methyl sites for hydroxylation is 1. The zero-order valence-corrected chi connectivity index (χ0v) is 20.6. The van der Waals surface area contributed by atoms with Crippen molar-refractivity contribution in [2.45, 2.75) is 64.7 Å². The van der Waals surface area contributed by atoms with Crippen molar-refractivity contribution in [3.8, 4) is 11.5 Å². The number of hydrogen-bond acceptors (Lipinski definition) is 8. The summed E-state index contributed by atoms with van der Waals surface area (Å²) in [6.07, 6.45) is 2.33. The van der Waals surface area contributed by atoms with Crippen LogP contribution < -0.4 is 15.5 Å². The molecule has 0 unspecified atom stereocenters. The lowest BCUT2D eigenvalue weighted by molar-refractivity contribution is 0.0996. The largest absolute Gasteiger partial charge is 0.394 e. The van der Waals surface area contributed by atoms with Crippen LogP contribution in [0, 0.1) is 0 Å². The molecule has 2 aliphatic rings. The minimum atomic E-state index is -0.259. The first-order chi connectivity index (χ1) is 16.8. The Labute approximate surface area is 204 Å². The predicted molar refractivity (Wildman–Crippen MR) is 133 cm³/mol. The molecule has 0 radical (unpaired) electrons. The summed E-state index contributed by atoms with van der Waals surface area (Å²) in [4.78, 5) is 27.0. The van der Waals surface area contributed by atoms with Gasteiger partial charge in [-0.05, 0) is 44.9 Å². The van der Waals surface area contributed by atoms with Gasteiger partial charge in [-0.15, -0.1) is 10.2 Å². The Morgan fingerprint density at radius 3 is 2.77 bits per heavy atom. The van der Waals surface area contributed by atoms with Crippen molar-refractivity contribution in [1.82, 2.24) is 24.7 Å². The van der Waals surface area contributed by atoms with E-state index in [0.717, 1.165) is 42.2 Å². The summed E-state index contributed by atoms with van der Waals surface area (Å²) in [7, 11) is 1.97. The summed E-state index contributed by atoms with van der Waals surface area (Å²) in [6.45, 7) is 6.58. The second-order valence-electron chi connectivity index (χ2n) is 9.57. The number of aliphatic hydroxyl groups is 1. The molecule has 184 valence electrons. The number of carbonyl (C=O) groups is 1. The van der Waals surface area contributed by atoms with Crippen molar-refractivity contribution in [2.24, 2.45) is 5.73 Å². The highest BCUT2D eigenvalue weighted by Crippen LogP contribution is 2.35. The van der Waals surface area contributed by atoms with Crippen LogP contribution in [0.4, 0.5) is 11.6 Å². The van der Waals surface area contributed by atoms with Crippen molar-refractivity contribution in [1.29, 1.82) is 0 Å². The van der Waals surface area contributed by atoms with Crippen LogP contribution in [0.15, 0.2) is 24.3 Å². The molecular weight excluding hydrogens is 444 g/mol. The highest BCUT2D eigenvalue weighted by molar-refractivity contribution is 6.10. The molecule has 2 aliphatic heterocycles. The van der Waals surface area contributed by atoms with E-state index in [1.807, 2.05) is 47.7 Å². The van der Waals surface area contributed by atoms with E-state index in [9.17, 15) is 9.90 Å². The number of pyridine rings is 2. The van der Waals surface area contributed by atoms with Crippen LogP contribution in [0.2, 0.25) is 0 Å². The third kappa shape index (κ3) is 3.86. The first-order valence-corrected chi connectivity index (χ1v) is 12.2. The van der Waals surface area contributed by atoms with Gasteiger partial charge in [0.2, 0.25) is 0 Å². The van der Waals surface area contributed by atoms with Gasteiger partial charge in [-0.2, -0.15) is 0 Å².